The lowest BCUT2D eigenvalue weighted by Gasteiger charge is -2.18. The summed E-state index contributed by atoms with van der Waals surface area (Å²) in [6.07, 6.45) is 0.176. The van der Waals surface area contributed by atoms with Gasteiger partial charge in [0, 0.05) is 10.9 Å². The maximum absolute atomic E-state index is 13.0. The Kier molecular flexibility index (Phi) is 2.81. The van der Waals surface area contributed by atoms with Gasteiger partial charge in [-0.05, 0) is 34.1 Å². The molecule has 5 heteroatoms. The van der Waals surface area contributed by atoms with Crippen LogP contribution in [0.3, 0.4) is 0 Å². The lowest BCUT2D eigenvalue weighted by Crippen LogP contribution is -2.33. The molecule has 0 saturated carbocycles. The van der Waals surface area contributed by atoms with Gasteiger partial charge in [-0.1, -0.05) is 13.8 Å². The number of benzene rings is 1. The van der Waals surface area contributed by atoms with E-state index < -0.39 is 11.2 Å². The molecule has 0 aliphatic carbocycles. The Bertz CT molecular complexity index is 513. The Labute approximate surface area is 107 Å². The lowest BCUT2D eigenvalue weighted by atomic mass is 9.92. The molecule has 0 N–H and O–H groups in total. The molecule has 90 valence electrons. The van der Waals surface area contributed by atoms with Gasteiger partial charge >= 0.3 is 0 Å². The van der Waals surface area contributed by atoms with E-state index in [9.17, 15) is 14.0 Å². The first-order valence-electron chi connectivity index (χ1n) is 5.15. The number of amides is 2. The zero-order valence-electron chi connectivity index (χ0n) is 9.46. The molecule has 1 saturated heterocycles. The van der Waals surface area contributed by atoms with Crippen molar-refractivity contribution in [3.05, 3.63) is 28.5 Å². The van der Waals surface area contributed by atoms with Crippen molar-refractivity contribution in [3.63, 3.8) is 0 Å². The monoisotopic (exact) mass is 299 g/mol. The van der Waals surface area contributed by atoms with E-state index in [1.165, 1.54) is 18.2 Å². The Hall–Kier alpha value is -1.23. The Morgan fingerprint density at radius 3 is 2.47 bits per heavy atom. The molecule has 0 bridgehead atoms. The van der Waals surface area contributed by atoms with Gasteiger partial charge in [-0.2, -0.15) is 0 Å². The number of carbonyl (C=O) groups excluding carboxylic acids is 2. The second kappa shape index (κ2) is 3.91. The van der Waals surface area contributed by atoms with Crippen LogP contribution in [0.25, 0.3) is 0 Å². The van der Waals surface area contributed by atoms with Crippen molar-refractivity contribution in [2.24, 2.45) is 5.41 Å². The molecule has 2 amide bonds. The second-order valence-corrected chi connectivity index (χ2v) is 5.55. The molecule has 1 aromatic rings. The van der Waals surface area contributed by atoms with Crippen molar-refractivity contribution in [3.8, 4) is 0 Å². The highest BCUT2D eigenvalue weighted by Crippen LogP contribution is 2.38. The van der Waals surface area contributed by atoms with Crippen molar-refractivity contribution in [2.45, 2.75) is 20.3 Å². The second-order valence-electron chi connectivity index (χ2n) is 4.69. The van der Waals surface area contributed by atoms with E-state index >= 15 is 0 Å². The van der Waals surface area contributed by atoms with Crippen LogP contribution in [0.2, 0.25) is 0 Å². The molecule has 0 spiro atoms. The van der Waals surface area contributed by atoms with E-state index in [4.69, 9.17) is 0 Å². The van der Waals surface area contributed by atoms with Gasteiger partial charge in [0.05, 0.1) is 11.1 Å². The normalized spacial score (nSPS) is 18.9. The summed E-state index contributed by atoms with van der Waals surface area (Å²) >= 11 is 3.16. The SMILES string of the molecule is CC1(C)CC(=O)N(c2ccc(F)cc2Br)C1=O. The summed E-state index contributed by atoms with van der Waals surface area (Å²) in [4.78, 5) is 25.0. The molecule has 2 rings (SSSR count). The Balaban J connectivity index is 2.48. The zero-order valence-corrected chi connectivity index (χ0v) is 11.0. The van der Waals surface area contributed by atoms with E-state index in [0.717, 1.165) is 4.90 Å². The largest absolute Gasteiger partial charge is 0.274 e. The molecule has 1 aliphatic rings. The fourth-order valence-corrected chi connectivity index (χ4v) is 2.38. The van der Waals surface area contributed by atoms with Crippen LogP contribution in [-0.4, -0.2) is 11.8 Å². The van der Waals surface area contributed by atoms with E-state index in [2.05, 4.69) is 15.9 Å². The maximum Gasteiger partial charge on any atom is 0.239 e. The van der Waals surface area contributed by atoms with E-state index in [0.29, 0.717) is 10.2 Å². The van der Waals surface area contributed by atoms with Crippen molar-refractivity contribution in [1.82, 2.24) is 0 Å². The summed E-state index contributed by atoms with van der Waals surface area (Å²) in [5, 5.41) is 0. The predicted molar refractivity (Wildman–Crippen MR) is 65.0 cm³/mol. The van der Waals surface area contributed by atoms with E-state index in [1.54, 1.807) is 13.8 Å². The third kappa shape index (κ3) is 1.99. The fraction of sp³-hybridized carbons (Fsp3) is 0.333. The van der Waals surface area contributed by atoms with Crippen molar-refractivity contribution < 1.29 is 14.0 Å². The highest BCUT2D eigenvalue weighted by atomic mass is 79.9. The molecule has 17 heavy (non-hydrogen) atoms. The van der Waals surface area contributed by atoms with E-state index in [-0.39, 0.29) is 18.2 Å². The predicted octanol–water partition coefficient (Wildman–Crippen LogP) is 2.88. The quantitative estimate of drug-likeness (QED) is 0.748. The number of halogens is 2. The first kappa shape index (κ1) is 12.2. The van der Waals surface area contributed by atoms with Gasteiger partial charge < -0.3 is 0 Å². The van der Waals surface area contributed by atoms with Crippen molar-refractivity contribution in [1.29, 1.82) is 0 Å². The Morgan fingerprint density at radius 1 is 1.35 bits per heavy atom. The van der Waals surface area contributed by atoms with Crippen molar-refractivity contribution in [2.75, 3.05) is 4.90 Å². The van der Waals surface area contributed by atoms with Gasteiger partial charge in [0.1, 0.15) is 5.82 Å². The molecule has 1 heterocycles. The van der Waals surface area contributed by atoms with Crippen LogP contribution in [0.15, 0.2) is 22.7 Å². The van der Waals surface area contributed by atoms with Gasteiger partial charge in [-0.3, -0.25) is 9.59 Å². The minimum atomic E-state index is -0.690. The molecule has 0 unspecified atom stereocenters. The number of hydrogen-bond donors (Lipinski definition) is 0. The van der Waals surface area contributed by atoms with Crippen LogP contribution in [0.4, 0.5) is 10.1 Å². The number of nitrogens with zero attached hydrogens (tertiary/aromatic N) is 1. The Morgan fingerprint density at radius 2 is 2.00 bits per heavy atom. The minimum Gasteiger partial charge on any atom is -0.274 e. The highest BCUT2D eigenvalue weighted by Gasteiger charge is 2.45. The third-order valence-corrected chi connectivity index (χ3v) is 3.41. The average molecular weight is 300 g/mol. The number of imide groups is 1. The van der Waals surface area contributed by atoms with Gasteiger partial charge in [0.25, 0.3) is 0 Å². The summed E-state index contributed by atoms with van der Waals surface area (Å²) in [5.41, 5.74) is -0.294. The van der Waals surface area contributed by atoms with E-state index in [1.807, 2.05) is 0 Å². The molecule has 0 radical (unpaired) electrons. The molecule has 0 aromatic heterocycles. The number of rotatable bonds is 1. The first-order chi connectivity index (χ1) is 7.83. The number of carbonyl (C=O) groups is 2. The molecular weight excluding hydrogens is 289 g/mol. The van der Waals surface area contributed by atoms with Gasteiger partial charge in [-0.15, -0.1) is 0 Å². The van der Waals surface area contributed by atoms with Gasteiger partial charge in [-0.25, -0.2) is 9.29 Å². The standard InChI is InChI=1S/C12H11BrFNO2/c1-12(2)6-10(16)15(11(12)17)9-4-3-7(14)5-8(9)13/h3-5H,6H2,1-2H3. The van der Waals surface area contributed by atoms with Crippen LogP contribution in [0.1, 0.15) is 20.3 Å². The molecule has 1 fully saturated rings. The summed E-state index contributed by atoms with van der Waals surface area (Å²) in [5.74, 6) is -0.930. The molecule has 1 aromatic carbocycles. The van der Waals surface area contributed by atoms with Crippen LogP contribution in [0, 0.1) is 11.2 Å². The first-order valence-corrected chi connectivity index (χ1v) is 5.95. The number of anilines is 1. The van der Waals surface area contributed by atoms with Gasteiger partial charge in [0.2, 0.25) is 11.8 Å². The van der Waals surface area contributed by atoms with Gasteiger partial charge in [0.15, 0.2) is 0 Å². The average Bonchev–Trinajstić information content (AvgIpc) is 2.39. The smallest absolute Gasteiger partial charge is 0.239 e. The summed E-state index contributed by atoms with van der Waals surface area (Å²) in [6.45, 7) is 3.45. The molecule has 0 atom stereocenters. The minimum absolute atomic E-state index is 0.176. The van der Waals surface area contributed by atoms with Crippen molar-refractivity contribution >= 4 is 33.4 Å². The lowest BCUT2D eigenvalue weighted by molar-refractivity contribution is -0.124. The summed E-state index contributed by atoms with van der Waals surface area (Å²) in [6, 6.07) is 3.89. The molecule has 3 nitrogen and oxygen atoms in total. The molecule has 1 aliphatic heterocycles. The summed E-state index contributed by atoms with van der Waals surface area (Å²) < 4.78 is 13.4. The van der Waals surface area contributed by atoms with Crippen LogP contribution < -0.4 is 4.90 Å². The van der Waals surface area contributed by atoms with Crippen LogP contribution in [-0.2, 0) is 9.59 Å². The van der Waals surface area contributed by atoms with Crippen LogP contribution >= 0.6 is 15.9 Å². The van der Waals surface area contributed by atoms with Crippen LogP contribution in [0.5, 0.6) is 0 Å². The molecular formula is C12H11BrFNO2. The third-order valence-electron chi connectivity index (χ3n) is 2.78. The maximum atomic E-state index is 13.0. The topological polar surface area (TPSA) is 37.4 Å². The summed E-state index contributed by atoms with van der Waals surface area (Å²) in [7, 11) is 0. The fourth-order valence-electron chi connectivity index (χ4n) is 1.86. The highest BCUT2D eigenvalue weighted by molar-refractivity contribution is 9.10. The zero-order chi connectivity index (χ0) is 12.8. The number of hydrogen-bond acceptors (Lipinski definition) is 2.